The van der Waals surface area contributed by atoms with E-state index in [2.05, 4.69) is 21.2 Å². The summed E-state index contributed by atoms with van der Waals surface area (Å²) >= 11 is 10.1. The zero-order chi connectivity index (χ0) is 27.1. The zero-order valence-corrected chi connectivity index (χ0v) is 24.2. The molecular formula is C31H34BrClN2O3. The van der Waals surface area contributed by atoms with E-state index < -0.39 is 6.04 Å². The number of halogens is 2. The Labute approximate surface area is 238 Å². The molecule has 0 heterocycles. The Morgan fingerprint density at radius 2 is 1.66 bits per heavy atom. The van der Waals surface area contributed by atoms with Crippen molar-refractivity contribution in [2.75, 3.05) is 6.61 Å². The Bertz CT molecular complexity index is 1240. The summed E-state index contributed by atoms with van der Waals surface area (Å²) < 4.78 is 6.99. The van der Waals surface area contributed by atoms with Gasteiger partial charge >= 0.3 is 0 Å². The van der Waals surface area contributed by atoms with Crippen molar-refractivity contribution in [1.29, 1.82) is 0 Å². The molecule has 1 fully saturated rings. The zero-order valence-electron chi connectivity index (χ0n) is 21.9. The molecule has 1 atom stereocenters. The molecule has 1 N–H and O–H groups in total. The second-order valence-electron chi connectivity index (χ2n) is 9.97. The van der Waals surface area contributed by atoms with Crippen LogP contribution in [0.3, 0.4) is 0 Å². The number of hydrogen-bond donors (Lipinski definition) is 1. The van der Waals surface area contributed by atoms with E-state index in [1.807, 2.05) is 74.5 Å². The number of rotatable bonds is 10. The lowest BCUT2D eigenvalue weighted by Crippen LogP contribution is -2.53. The van der Waals surface area contributed by atoms with Gasteiger partial charge in [-0.05, 0) is 67.1 Å². The van der Waals surface area contributed by atoms with Gasteiger partial charge < -0.3 is 15.0 Å². The standard InChI is InChI=1S/C31H34BrClN2O3/c1-21-16-26(17-22(2)30(21)32)38-20-29(36)35(19-24-12-6-9-15-27(24)33)28(18-23-10-4-3-5-11-23)31(37)34-25-13-7-8-14-25/h3-6,9-12,15-17,25,28H,7-8,13-14,18-20H2,1-2H3,(H,34,37)/t28-/m0/s1. The lowest BCUT2D eigenvalue weighted by molar-refractivity contribution is -0.143. The van der Waals surface area contributed by atoms with Crippen LogP contribution in [0, 0.1) is 13.8 Å². The second-order valence-corrected chi connectivity index (χ2v) is 11.2. The number of ether oxygens (including phenoxy) is 1. The summed E-state index contributed by atoms with van der Waals surface area (Å²) in [6.07, 6.45) is 4.54. The summed E-state index contributed by atoms with van der Waals surface area (Å²) in [6.45, 7) is 3.99. The van der Waals surface area contributed by atoms with Crippen molar-refractivity contribution in [2.45, 2.75) is 64.6 Å². The van der Waals surface area contributed by atoms with Gasteiger partial charge in [0.1, 0.15) is 11.8 Å². The highest BCUT2D eigenvalue weighted by Crippen LogP contribution is 2.27. The van der Waals surface area contributed by atoms with Gasteiger partial charge in [-0.3, -0.25) is 9.59 Å². The largest absolute Gasteiger partial charge is 0.484 e. The number of amides is 2. The third-order valence-electron chi connectivity index (χ3n) is 7.04. The highest BCUT2D eigenvalue weighted by atomic mass is 79.9. The van der Waals surface area contributed by atoms with Crippen molar-refractivity contribution in [1.82, 2.24) is 10.2 Å². The topological polar surface area (TPSA) is 58.6 Å². The quantitative estimate of drug-likeness (QED) is 0.280. The Hall–Kier alpha value is -2.83. The maximum atomic E-state index is 13.8. The van der Waals surface area contributed by atoms with Crippen LogP contribution in [0.2, 0.25) is 5.02 Å². The van der Waals surface area contributed by atoms with Crippen LogP contribution in [0.4, 0.5) is 0 Å². The Balaban J connectivity index is 1.63. The van der Waals surface area contributed by atoms with Crippen LogP contribution < -0.4 is 10.1 Å². The molecule has 7 heteroatoms. The minimum Gasteiger partial charge on any atom is -0.484 e. The predicted molar refractivity (Wildman–Crippen MR) is 155 cm³/mol. The Morgan fingerprint density at radius 1 is 1.03 bits per heavy atom. The summed E-state index contributed by atoms with van der Waals surface area (Å²) in [5.74, 6) is 0.200. The molecule has 0 saturated heterocycles. The molecule has 0 unspecified atom stereocenters. The maximum Gasteiger partial charge on any atom is 0.261 e. The number of carbonyl (C=O) groups is 2. The molecule has 5 nitrogen and oxygen atoms in total. The SMILES string of the molecule is Cc1cc(OCC(=O)N(Cc2ccccc2Cl)[C@@H](Cc2ccccc2)C(=O)NC2CCCC2)cc(C)c1Br. The molecule has 200 valence electrons. The van der Waals surface area contributed by atoms with E-state index in [1.165, 1.54) is 0 Å². The fourth-order valence-corrected chi connectivity index (χ4v) is 5.37. The van der Waals surface area contributed by atoms with Crippen molar-refractivity contribution < 1.29 is 14.3 Å². The lowest BCUT2D eigenvalue weighted by Gasteiger charge is -2.32. The van der Waals surface area contributed by atoms with Crippen LogP contribution in [0.25, 0.3) is 0 Å². The summed E-state index contributed by atoms with van der Waals surface area (Å²) in [4.78, 5) is 29.2. The number of nitrogens with one attached hydrogen (secondary N) is 1. The normalized spacial score (nSPS) is 14.2. The second kappa shape index (κ2) is 13.3. The first-order valence-electron chi connectivity index (χ1n) is 13.1. The molecule has 0 aliphatic heterocycles. The van der Waals surface area contributed by atoms with Crippen molar-refractivity contribution in [3.63, 3.8) is 0 Å². The van der Waals surface area contributed by atoms with Gasteiger partial charge in [0.05, 0.1) is 0 Å². The first-order chi connectivity index (χ1) is 18.3. The molecule has 0 aromatic heterocycles. The molecule has 1 saturated carbocycles. The minimum absolute atomic E-state index is 0.142. The monoisotopic (exact) mass is 596 g/mol. The van der Waals surface area contributed by atoms with Crippen molar-refractivity contribution in [3.8, 4) is 5.75 Å². The molecule has 0 bridgehead atoms. The van der Waals surface area contributed by atoms with E-state index in [0.29, 0.717) is 17.2 Å². The molecule has 38 heavy (non-hydrogen) atoms. The van der Waals surface area contributed by atoms with Crippen LogP contribution in [0.1, 0.15) is 47.9 Å². The Morgan fingerprint density at radius 3 is 2.32 bits per heavy atom. The predicted octanol–water partition coefficient (Wildman–Crippen LogP) is 6.80. The number of hydrogen-bond acceptors (Lipinski definition) is 3. The average Bonchev–Trinajstić information content (AvgIpc) is 3.42. The molecule has 3 aromatic carbocycles. The Kier molecular flexibility index (Phi) is 9.86. The van der Waals surface area contributed by atoms with E-state index >= 15 is 0 Å². The first kappa shape index (κ1) is 28.2. The molecular weight excluding hydrogens is 564 g/mol. The van der Waals surface area contributed by atoms with Crippen molar-refractivity contribution >= 4 is 39.3 Å². The molecule has 2 amide bonds. The number of benzene rings is 3. The summed E-state index contributed by atoms with van der Waals surface area (Å²) in [7, 11) is 0. The van der Waals surface area contributed by atoms with Gasteiger partial charge in [0, 0.05) is 28.5 Å². The highest BCUT2D eigenvalue weighted by Gasteiger charge is 2.32. The van der Waals surface area contributed by atoms with Crippen LogP contribution in [0.15, 0.2) is 71.2 Å². The van der Waals surface area contributed by atoms with Crippen LogP contribution in [-0.4, -0.2) is 35.4 Å². The lowest BCUT2D eigenvalue weighted by atomic mass is 10.0. The van der Waals surface area contributed by atoms with Crippen molar-refractivity contribution in [2.24, 2.45) is 0 Å². The number of nitrogens with zero attached hydrogens (tertiary/aromatic N) is 1. The van der Waals surface area contributed by atoms with Crippen molar-refractivity contribution in [3.05, 3.63) is 98.5 Å². The average molecular weight is 598 g/mol. The molecule has 3 aromatic rings. The van der Waals surface area contributed by atoms with Crippen LogP contribution >= 0.6 is 27.5 Å². The van der Waals surface area contributed by atoms with Crippen LogP contribution in [-0.2, 0) is 22.6 Å². The van der Waals surface area contributed by atoms with E-state index in [1.54, 1.807) is 11.0 Å². The first-order valence-corrected chi connectivity index (χ1v) is 14.3. The summed E-state index contributed by atoms with van der Waals surface area (Å²) in [6, 6.07) is 20.5. The fourth-order valence-electron chi connectivity index (χ4n) is 4.95. The fraction of sp³-hybridized carbons (Fsp3) is 0.355. The van der Waals surface area contributed by atoms with E-state index in [-0.39, 0.29) is 31.0 Å². The summed E-state index contributed by atoms with van der Waals surface area (Å²) in [5.41, 5.74) is 3.82. The molecule has 4 rings (SSSR count). The number of aryl methyl sites for hydroxylation is 2. The third kappa shape index (κ3) is 7.39. The molecule has 1 aliphatic rings. The van der Waals surface area contributed by atoms with Gasteiger partial charge in [0.15, 0.2) is 6.61 Å². The van der Waals surface area contributed by atoms with Crippen LogP contribution in [0.5, 0.6) is 5.75 Å². The summed E-state index contributed by atoms with van der Waals surface area (Å²) in [5, 5.41) is 3.77. The number of carbonyl (C=O) groups excluding carboxylic acids is 2. The van der Waals surface area contributed by atoms with Gasteiger partial charge in [-0.15, -0.1) is 0 Å². The van der Waals surface area contributed by atoms with Gasteiger partial charge in [-0.25, -0.2) is 0 Å². The van der Waals surface area contributed by atoms with E-state index in [0.717, 1.165) is 52.4 Å². The maximum absolute atomic E-state index is 13.8. The van der Waals surface area contributed by atoms with Gasteiger partial charge in [-0.1, -0.05) is 88.9 Å². The van der Waals surface area contributed by atoms with Gasteiger partial charge in [-0.2, -0.15) is 0 Å². The van der Waals surface area contributed by atoms with E-state index in [9.17, 15) is 9.59 Å². The molecule has 1 aliphatic carbocycles. The van der Waals surface area contributed by atoms with Gasteiger partial charge in [0.25, 0.3) is 5.91 Å². The third-order valence-corrected chi connectivity index (χ3v) is 8.66. The minimum atomic E-state index is -0.709. The molecule has 0 spiro atoms. The van der Waals surface area contributed by atoms with Gasteiger partial charge in [0.2, 0.25) is 5.91 Å². The smallest absolute Gasteiger partial charge is 0.261 e. The molecule has 0 radical (unpaired) electrons. The van der Waals surface area contributed by atoms with E-state index in [4.69, 9.17) is 16.3 Å². The highest BCUT2D eigenvalue weighted by molar-refractivity contribution is 9.10.